The van der Waals surface area contributed by atoms with Gasteiger partial charge in [-0.15, -0.1) is 0 Å². The van der Waals surface area contributed by atoms with Crippen molar-refractivity contribution >= 4 is 11.9 Å². The molecule has 1 saturated carbocycles. The first-order chi connectivity index (χ1) is 11.6. The summed E-state index contributed by atoms with van der Waals surface area (Å²) in [5, 5.41) is 7.39. The number of carbonyl (C=O) groups excluding carboxylic acids is 2. The zero-order chi connectivity index (χ0) is 17.0. The van der Waals surface area contributed by atoms with Crippen LogP contribution < -0.4 is 5.32 Å². The van der Waals surface area contributed by atoms with Crippen LogP contribution in [0.2, 0.25) is 0 Å². The third-order valence-electron chi connectivity index (χ3n) is 5.16. The van der Waals surface area contributed by atoms with Crippen LogP contribution in [0, 0.1) is 5.92 Å². The largest absolute Gasteiger partial charge is 0.466 e. The highest BCUT2D eigenvalue weighted by atomic mass is 16.5. The lowest BCUT2D eigenvalue weighted by molar-refractivity contribution is -0.145. The lowest BCUT2D eigenvalue weighted by Crippen LogP contribution is -2.53. The molecular formula is C17H26N4O3. The number of amides is 1. The Morgan fingerprint density at radius 1 is 1.38 bits per heavy atom. The van der Waals surface area contributed by atoms with Crippen molar-refractivity contribution in [3.8, 4) is 0 Å². The smallest absolute Gasteiger partial charge is 0.308 e. The summed E-state index contributed by atoms with van der Waals surface area (Å²) in [6, 6.07) is 0. The quantitative estimate of drug-likeness (QED) is 0.827. The van der Waals surface area contributed by atoms with Gasteiger partial charge in [0.1, 0.15) is 12.2 Å². The maximum absolute atomic E-state index is 12.8. The summed E-state index contributed by atoms with van der Waals surface area (Å²) in [4.78, 5) is 29.0. The van der Waals surface area contributed by atoms with E-state index in [-0.39, 0.29) is 24.2 Å². The van der Waals surface area contributed by atoms with Crippen molar-refractivity contribution in [3.63, 3.8) is 0 Å². The molecule has 7 heteroatoms. The van der Waals surface area contributed by atoms with E-state index in [1.54, 1.807) is 6.33 Å². The number of aryl methyl sites for hydroxylation is 1. The summed E-state index contributed by atoms with van der Waals surface area (Å²) in [5.41, 5.74) is -0.440. The number of aromatic nitrogens is 3. The first kappa shape index (κ1) is 16.9. The zero-order valence-electron chi connectivity index (χ0n) is 14.3. The number of carbonyl (C=O) groups is 2. The van der Waals surface area contributed by atoms with Crippen LogP contribution >= 0.6 is 0 Å². The molecule has 2 aliphatic rings. The summed E-state index contributed by atoms with van der Waals surface area (Å²) in [7, 11) is 0. The highest BCUT2D eigenvalue weighted by molar-refractivity contribution is 5.81. The van der Waals surface area contributed by atoms with Gasteiger partial charge in [0.05, 0.1) is 31.0 Å². The predicted molar refractivity (Wildman–Crippen MR) is 87.0 cm³/mol. The Balaban J connectivity index is 1.66. The van der Waals surface area contributed by atoms with Crippen LogP contribution in [-0.4, -0.2) is 38.8 Å². The normalized spacial score (nSPS) is 22.5. The maximum atomic E-state index is 12.8. The number of nitrogens with zero attached hydrogens (tertiary/aromatic N) is 3. The molecule has 1 N–H and O–H groups in total. The number of nitrogens with one attached hydrogen (secondary N) is 1. The van der Waals surface area contributed by atoms with Gasteiger partial charge in [-0.2, -0.15) is 5.10 Å². The van der Waals surface area contributed by atoms with Crippen molar-refractivity contribution in [3.05, 3.63) is 12.2 Å². The molecule has 1 aromatic rings. The Bertz CT molecular complexity index is 592. The van der Waals surface area contributed by atoms with Crippen molar-refractivity contribution in [1.29, 1.82) is 0 Å². The van der Waals surface area contributed by atoms with Crippen LogP contribution in [0.15, 0.2) is 6.33 Å². The molecule has 132 valence electrons. The van der Waals surface area contributed by atoms with Crippen molar-refractivity contribution in [2.45, 2.75) is 70.4 Å². The fourth-order valence-electron chi connectivity index (χ4n) is 3.88. The van der Waals surface area contributed by atoms with Crippen LogP contribution in [0.4, 0.5) is 0 Å². The molecule has 0 bridgehead atoms. The molecule has 1 aromatic heterocycles. The van der Waals surface area contributed by atoms with Crippen molar-refractivity contribution < 1.29 is 14.3 Å². The van der Waals surface area contributed by atoms with Crippen LogP contribution in [0.5, 0.6) is 0 Å². The minimum absolute atomic E-state index is 0.0300. The SMILES string of the molecule is CCOC(=O)CC1(NC(=O)C2CCc3ncnn3C2)CCCCC1. The van der Waals surface area contributed by atoms with E-state index in [1.807, 2.05) is 11.6 Å². The average molecular weight is 334 g/mol. The van der Waals surface area contributed by atoms with E-state index in [0.717, 1.165) is 50.8 Å². The van der Waals surface area contributed by atoms with Crippen LogP contribution in [0.1, 0.15) is 57.7 Å². The van der Waals surface area contributed by atoms with Crippen LogP contribution in [0.3, 0.4) is 0 Å². The van der Waals surface area contributed by atoms with Gasteiger partial charge in [-0.1, -0.05) is 19.3 Å². The molecule has 3 rings (SSSR count). The number of rotatable bonds is 5. The van der Waals surface area contributed by atoms with E-state index in [9.17, 15) is 9.59 Å². The van der Waals surface area contributed by atoms with Crippen LogP contribution in [-0.2, 0) is 27.3 Å². The number of ether oxygens (including phenoxy) is 1. The maximum Gasteiger partial charge on any atom is 0.308 e. The van der Waals surface area contributed by atoms with Gasteiger partial charge in [-0.25, -0.2) is 9.67 Å². The summed E-state index contributed by atoms with van der Waals surface area (Å²) in [6.45, 7) is 2.75. The van der Waals surface area contributed by atoms with E-state index < -0.39 is 5.54 Å². The van der Waals surface area contributed by atoms with Gasteiger partial charge >= 0.3 is 5.97 Å². The molecule has 1 aliphatic carbocycles. The van der Waals surface area contributed by atoms with E-state index in [0.29, 0.717) is 13.2 Å². The molecule has 2 heterocycles. The second kappa shape index (κ2) is 7.32. The van der Waals surface area contributed by atoms with Gasteiger partial charge in [-0.05, 0) is 26.2 Å². The van der Waals surface area contributed by atoms with Gasteiger partial charge in [0.2, 0.25) is 5.91 Å². The van der Waals surface area contributed by atoms with Crippen molar-refractivity contribution in [1.82, 2.24) is 20.1 Å². The molecule has 24 heavy (non-hydrogen) atoms. The van der Waals surface area contributed by atoms with Gasteiger partial charge in [0, 0.05) is 6.42 Å². The standard InChI is InChI=1S/C17H26N4O3/c1-2-24-15(22)10-17(8-4-3-5-9-17)20-16(23)13-6-7-14-18-12-19-21(14)11-13/h12-13H,2-11H2,1H3,(H,20,23). The molecule has 1 amide bonds. The van der Waals surface area contributed by atoms with Crippen LogP contribution in [0.25, 0.3) is 0 Å². The van der Waals surface area contributed by atoms with Gasteiger partial charge in [-0.3, -0.25) is 9.59 Å². The highest BCUT2D eigenvalue weighted by Gasteiger charge is 2.38. The molecule has 1 unspecified atom stereocenters. The molecule has 0 saturated heterocycles. The Morgan fingerprint density at radius 2 is 2.17 bits per heavy atom. The van der Waals surface area contributed by atoms with Crippen molar-refractivity contribution in [2.75, 3.05) is 6.61 Å². The second-order valence-corrected chi connectivity index (χ2v) is 6.91. The predicted octanol–water partition coefficient (Wildman–Crippen LogP) is 1.61. The number of hydrogen-bond donors (Lipinski definition) is 1. The fraction of sp³-hybridized carbons (Fsp3) is 0.765. The summed E-state index contributed by atoms with van der Waals surface area (Å²) in [5.74, 6) is 0.641. The molecule has 0 radical (unpaired) electrons. The topological polar surface area (TPSA) is 86.1 Å². The molecule has 1 aliphatic heterocycles. The van der Waals surface area contributed by atoms with E-state index >= 15 is 0 Å². The second-order valence-electron chi connectivity index (χ2n) is 6.91. The minimum Gasteiger partial charge on any atom is -0.466 e. The highest BCUT2D eigenvalue weighted by Crippen LogP contribution is 2.32. The van der Waals surface area contributed by atoms with Crippen molar-refractivity contribution in [2.24, 2.45) is 5.92 Å². The van der Waals surface area contributed by atoms with Gasteiger partial charge in [0.15, 0.2) is 0 Å². The average Bonchev–Trinajstić information content (AvgIpc) is 3.03. The number of hydrogen-bond acceptors (Lipinski definition) is 5. The van der Waals surface area contributed by atoms with Gasteiger partial charge in [0.25, 0.3) is 0 Å². The Morgan fingerprint density at radius 3 is 2.92 bits per heavy atom. The van der Waals surface area contributed by atoms with E-state index in [4.69, 9.17) is 4.74 Å². The van der Waals surface area contributed by atoms with E-state index in [1.165, 1.54) is 0 Å². The first-order valence-electron chi connectivity index (χ1n) is 8.96. The number of fused-ring (bicyclic) bond motifs is 1. The number of esters is 1. The third-order valence-corrected chi connectivity index (χ3v) is 5.16. The fourth-order valence-corrected chi connectivity index (χ4v) is 3.88. The molecule has 0 spiro atoms. The third kappa shape index (κ3) is 3.76. The Hall–Kier alpha value is -1.92. The van der Waals surface area contributed by atoms with E-state index in [2.05, 4.69) is 15.4 Å². The van der Waals surface area contributed by atoms with Gasteiger partial charge < -0.3 is 10.1 Å². The monoisotopic (exact) mass is 334 g/mol. The summed E-state index contributed by atoms with van der Waals surface area (Å²) < 4.78 is 6.93. The zero-order valence-corrected chi connectivity index (χ0v) is 14.3. The first-order valence-corrected chi connectivity index (χ1v) is 8.96. The Kier molecular flexibility index (Phi) is 5.16. The molecular weight excluding hydrogens is 308 g/mol. The lowest BCUT2D eigenvalue weighted by atomic mass is 9.78. The Labute approximate surface area is 142 Å². The molecule has 7 nitrogen and oxygen atoms in total. The summed E-state index contributed by atoms with van der Waals surface area (Å²) in [6.07, 6.45) is 8.29. The molecule has 1 atom stereocenters. The molecule has 1 fully saturated rings. The summed E-state index contributed by atoms with van der Waals surface area (Å²) >= 11 is 0. The minimum atomic E-state index is -0.440. The lowest BCUT2D eigenvalue weighted by Gasteiger charge is -2.38. The molecule has 0 aromatic carbocycles.